The molecule has 1 unspecified atom stereocenters. The third kappa shape index (κ3) is 5.71. The molecule has 1 heterocycles. The van der Waals surface area contributed by atoms with Crippen LogP contribution in [0.1, 0.15) is 58.8 Å². The van der Waals surface area contributed by atoms with Gasteiger partial charge in [-0.3, -0.25) is 0 Å². The Hall–Kier alpha value is -0.120. The molecule has 3 heteroatoms. The monoisotopic (exact) mass is 282 g/mol. The van der Waals surface area contributed by atoms with Crippen LogP contribution in [0.4, 0.5) is 0 Å². The van der Waals surface area contributed by atoms with E-state index in [-0.39, 0.29) is 0 Å². The minimum Gasteiger partial charge on any atom is -0.378 e. The van der Waals surface area contributed by atoms with Crippen LogP contribution < -0.4 is 5.32 Å². The van der Waals surface area contributed by atoms with Gasteiger partial charge in [0.25, 0.3) is 0 Å². The fourth-order valence-corrected chi connectivity index (χ4v) is 3.65. The van der Waals surface area contributed by atoms with Gasteiger partial charge in [0.05, 0.1) is 6.10 Å². The van der Waals surface area contributed by atoms with Gasteiger partial charge in [-0.15, -0.1) is 0 Å². The standard InChI is InChI=1S/C17H34N2O/c1-17(2)9-4-6-15(14-17)18-10-5-13-20-16-7-11-19(3)12-8-16/h15-16,18H,4-14H2,1-3H3. The lowest BCUT2D eigenvalue weighted by molar-refractivity contribution is 0.0112. The molecule has 1 aliphatic carbocycles. The van der Waals surface area contributed by atoms with Gasteiger partial charge < -0.3 is 15.0 Å². The summed E-state index contributed by atoms with van der Waals surface area (Å²) < 4.78 is 5.99. The first-order valence-corrected chi connectivity index (χ1v) is 8.59. The maximum absolute atomic E-state index is 5.99. The summed E-state index contributed by atoms with van der Waals surface area (Å²) in [6, 6.07) is 0.738. The largest absolute Gasteiger partial charge is 0.378 e. The average molecular weight is 282 g/mol. The van der Waals surface area contributed by atoms with E-state index in [1.807, 2.05) is 0 Å². The Kier molecular flexibility index (Phi) is 6.31. The predicted molar refractivity (Wildman–Crippen MR) is 85.1 cm³/mol. The number of nitrogens with zero attached hydrogens (tertiary/aromatic N) is 1. The Morgan fingerprint density at radius 1 is 1.20 bits per heavy atom. The molecule has 0 bridgehead atoms. The molecular weight excluding hydrogens is 248 g/mol. The summed E-state index contributed by atoms with van der Waals surface area (Å²) in [7, 11) is 2.20. The van der Waals surface area contributed by atoms with Crippen molar-refractivity contribution in [2.75, 3.05) is 33.3 Å². The zero-order valence-corrected chi connectivity index (χ0v) is 13.8. The smallest absolute Gasteiger partial charge is 0.0599 e. The van der Waals surface area contributed by atoms with Crippen LogP contribution in [0.5, 0.6) is 0 Å². The van der Waals surface area contributed by atoms with E-state index in [0.29, 0.717) is 11.5 Å². The fraction of sp³-hybridized carbons (Fsp3) is 1.00. The van der Waals surface area contributed by atoms with Crippen LogP contribution in [0.3, 0.4) is 0 Å². The first-order valence-electron chi connectivity index (χ1n) is 8.59. The first kappa shape index (κ1) is 16.3. The van der Waals surface area contributed by atoms with Crippen molar-refractivity contribution < 1.29 is 4.74 Å². The van der Waals surface area contributed by atoms with Gasteiger partial charge in [-0.25, -0.2) is 0 Å². The highest BCUT2D eigenvalue weighted by Crippen LogP contribution is 2.34. The van der Waals surface area contributed by atoms with Crippen molar-refractivity contribution in [3.8, 4) is 0 Å². The van der Waals surface area contributed by atoms with Crippen molar-refractivity contribution >= 4 is 0 Å². The zero-order valence-electron chi connectivity index (χ0n) is 13.8. The second kappa shape index (κ2) is 7.77. The lowest BCUT2D eigenvalue weighted by Gasteiger charge is -2.35. The number of hydrogen-bond acceptors (Lipinski definition) is 3. The second-order valence-electron chi connectivity index (χ2n) is 7.64. The normalized spacial score (nSPS) is 28.6. The van der Waals surface area contributed by atoms with Crippen molar-refractivity contribution in [1.82, 2.24) is 10.2 Å². The number of rotatable bonds is 6. The molecule has 1 saturated carbocycles. The molecule has 0 aromatic carbocycles. The van der Waals surface area contributed by atoms with E-state index in [1.165, 1.54) is 51.6 Å². The Morgan fingerprint density at radius 2 is 1.95 bits per heavy atom. The van der Waals surface area contributed by atoms with Gasteiger partial charge in [-0.1, -0.05) is 20.3 Å². The molecule has 3 nitrogen and oxygen atoms in total. The van der Waals surface area contributed by atoms with Gasteiger partial charge in [0.1, 0.15) is 0 Å². The van der Waals surface area contributed by atoms with E-state index in [2.05, 4.69) is 31.1 Å². The molecule has 0 amide bonds. The van der Waals surface area contributed by atoms with Gasteiger partial charge >= 0.3 is 0 Å². The molecule has 0 aromatic rings. The summed E-state index contributed by atoms with van der Waals surface area (Å²) in [6.45, 7) is 9.25. The van der Waals surface area contributed by atoms with Gasteiger partial charge in [-0.05, 0) is 57.5 Å². The van der Waals surface area contributed by atoms with Crippen molar-refractivity contribution in [2.24, 2.45) is 5.41 Å². The predicted octanol–water partition coefficient (Wildman–Crippen LogP) is 3.05. The summed E-state index contributed by atoms with van der Waals surface area (Å²) in [5, 5.41) is 3.73. The van der Waals surface area contributed by atoms with E-state index >= 15 is 0 Å². The van der Waals surface area contributed by atoms with Crippen LogP contribution in [0, 0.1) is 5.41 Å². The second-order valence-corrected chi connectivity index (χ2v) is 7.64. The summed E-state index contributed by atoms with van der Waals surface area (Å²) >= 11 is 0. The van der Waals surface area contributed by atoms with Crippen molar-refractivity contribution in [1.29, 1.82) is 0 Å². The lowest BCUT2D eigenvalue weighted by Crippen LogP contribution is -2.38. The van der Waals surface area contributed by atoms with Crippen molar-refractivity contribution in [3.05, 3.63) is 0 Å². The van der Waals surface area contributed by atoms with Crippen molar-refractivity contribution in [3.63, 3.8) is 0 Å². The van der Waals surface area contributed by atoms with E-state index in [4.69, 9.17) is 4.74 Å². The van der Waals surface area contributed by atoms with Crippen LogP contribution in [-0.2, 0) is 4.74 Å². The minimum absolute atomic E-state index is 0.514. The topological polar surface area (TPSA) is 24.5 Å². The molecule has 1 aliphatic heterocycles. The maximum atomic E-state index is 5.99. The van der Waals surface area contributed by atoms with E-state index in [0.717, 1.165) is 25.6 Å². The zero-order chi connectivity index (χ0) is 14.4. The molecule has 20 heavy (non-hydrogen) atoms. The summed E-state index contributed by atoms with van der Waals surface area (Å²) in [4.78, 5) is 2.40. The summed E-state index contributed by atoms with van der Waals surface area (Å²) in [5.41, 5.74) is 0.542. The number of likely N-dealkylation sites (tertiary alicyclic amines) is 1. The number of hydrogen-bond donors (Lipinski definition) is 1. The molecule has 2 aliphatic rings. The molecule has 1 saturated heterocycles. The van der Waals surface area contributed by atoms with Gasteiger partial charge in [0.15, 0.2) is 0 Å². The van der Waals surface area contributed by atoms with Crippen LogP contribution in [0.15, 0.2) is 0 Å². The van der Waals surface area contributed by atoms with Gasteiger partial charge in [0, 0.05) is 25.7 Å². The quantitative estimate of drug-likeness (QED) is 0.758. The minimum atomic E-state index is 0.514. The van der Waals surface area contributed by atoms with E-state index < -0.39 is 0 Å². The van der Waals surface area contributed by atoms with E-state index in [9.17, 15) is 0 Å². The highest BCUT2D eigenvalue weighted by molar-refractivity contribution is 4.83. The first-order chi connectivity index (χ1) is 9.55. The molecule has 1 atom stereocenters. The Bertz CT molecular complexity index is 272. The Labute approximate surface area is 125 Å². The van der Waals surface area contributed by atoms with Crippen LogP contribution in [-0.4, -0.2) is 50.3 Å². The summed E-state index contributed by atoms with van der Waals surface area (Å²) in [5.74, 6) is 0. The summed E-state index contributed by atoms with van der Waals surface area (Å²) in [6.07, 6.45) is 9.56. The van der Waals surface area contributed by atoms with Gasteiger partial charge in [-0.2, -0.15) is 0 Å². The molecule has 118 valence electrons. The molecule has 0 spiro atoms. The third-order valence-electron chi connectivity index (χ3n) is 4.98. The Morgan fingerprint density at radius 3 is 2.65 bits per heavy atom. The molecule has 0 aromatic heterocycles. The number of ether oxygens (including phenoxy) is 1. The SMILES string of the molecule is CN1CCC(OCCCNC2CCCC(C)(C)C2)CC1. The molecule has 0 radical (unpaired) electrons. The van der Waals surface area contributed by atoms with Crippen LogP contribution in [0.25, 0.3) is 0 Å². The average Bonchev–Trinajstić information content (AvgIpc) is 2.39. The van der Waals surface area contributed by atoms with Crippen LogP contribution >= 0.6 is 0 Å². The third-order valence-corrected chi connectivity index (χ3v) is 4.98. The molecular formula is C17H34N2O. The fourth-order valence-electron chi connectivity index (χ4n) is 3.65. The number of piperidine rings is 1. The molecule has 2 fully saturated rings. The molecule has 1 N–H and O–H groups in total. The Balaban J connectivity index is 1.49. The lowest BCUT2D eigenvalue weighted by atomic mass is 9.75. The van der Waals surface area contributed by atoms with Gasteiger partial charge in [0.2, 0.25) is 0 Å². The van der Waals surface area contributed by atoms with Crippen LogP contribution in [0.2, 0.25) is 0 Å². The maximum Gasteiger partial charge on any atom is 0.0599 e. The van der Waals surface area contributed by atoms with E-state index in [1.54, 1.807) is 0 Å². The highest BCUT2D eigenvalue weighted by Gasteiger charge is 2.27. The van der Waals surface area contributed by atoms with Crippen molar-refractivity contribution in [2.45, 2.75) is 70.9 Å². The molecule has 2 rings (SSSR count). The number of nitrogens with one attached hydrogen (secondary N) is 1. The highest BCUT2D eigenvalue weighted by atomic mass is 16.5.